The zero-order valence-corrected chi connectivity index (χ0v) is 10.9. The molecule has 0 spiro atoms. The Morgan fingerprint density at radius 3 is 2.41 bits per heavy atom. The van der Waals surface area contributed by atoms with E-state index in [1.807, 2.05) is 0 Å². The number of benzene rings is 1. The molecule has 0 fully saturated rings. The number of pyridine rings is 1. The van der Waals surface area contributed by atoms with E-state index in [2.05, 4.69) is 9.72 Å². The van der Waals surface area contributed by atoms with E-state index in [1.54, 1.807) is 12.1 Å². The largest absolute Gasteiger partial charge is 0.464 e. The van der Waals surface area contributed by atoms with Gasteiger partial charge in [-0.3, -0.25) is 0 Å². The van der Waals surface area contributed by atoms with E-state index in [0.29, 0.717) is 26.0 Å². The first-order valence-electron chi connectivity index (χ1n) is 4.56. The molecule has 0 bridgehead atoms. The molecule has 0 N–H and O–H groups in total. The predicted octanol–water partition coefficient (Wildman–Crippen LogP) is 3.98. The maximum atomic E-state index is 11.4. The minimum Gasteiger partial charge on any atom is -0.464 e. The van der Waals surface area contributed by atoms with Crippen LogP contribution in [0.4, 0.5) is 0 Å². The average molecular weight is 291 g/mol. The van der Waals surface area contributed by atoms with E-state index in [-0.39, 0.29) is 5.69 Å². The van der Waals surface area contributed by atoms with E-state index in [9.17, 15) is 4.79 Å². The SMILES string of the molecule is COC(=O)c1cc(Cl)c2cc(Cl)c(Cl)cc2n1. The van der Waals surface area contributed by atoms with Crippen LogP contribution in [-0.2, 0) is 4.74 Å². The molecule has 0 unspecified atom stereocenters. The summed E-state index contributed by atoms with van der Waals surface area (Å²) in [6.45, 7) is 0. The zero-order valence-electron chi connectivity index (χ0n) is 8.63. The van der Waals surface area contributed by atoms with Gasteiger partial charge in [-0.1, -0.05) is 34.8 Å². The van der Waals surface area contributed by atoms with E-state index >= 15 is 0 Å². The summed E-state index contributed by atoms with van der Waals surface area (Å²) >= 11 is 17.8. The van der Waals surface area contributed by atoms with Crippen molar-refractivity contribution in [2.24, 2.45) is 0 Å². The Morgan fingerprint density at radius 2 is 1.76 bits per heavy atom. The topological polar surface area (TPSA) is 39.2 Å². The third kappa shape index (κ3) is 2.32. The molecular formula is C11H6Cl3NO2. The average Bonchev–Trinajstić information content (AvgIpc) is 2.30. The molecule has 0 aliphatic rings. The second kappa shape index (κ2) is 4.69. The van der Waals surface area contributed by atoms with Crippen LogP contribution in [0.1, 0.15) is 10.5 Å². The number of halogens is 3. The lowest BCUT2D eigenvalue weighted by Gasteiger charge is -2.05. The van der Waals surface area contributed by atoms with E-state index in [4.69, 9.17) is 34.8 Å². The number of carbonyl (C=O) groups is 1. The summed E-state index contributed by atoms with van der Waals surface area (Å²) < 4.78 is 4.58. The number of nitrogens with zero attached hydrogens (tertiary/aromatic N) is 1. The minimum atomic E-state index is -0.556. The fourth-order valence-corrected chi connectivity index (χ4v) is 1.97. The van der Waals surface area contributed by atoms with Gasteiger partial charge < -0.3 is 4.74 Å². The van der Waals surface area contributed by atoms with Crippen molar-refractivity contribution in [3.05, 3.63) is 39.0 Å². The van der Waals surface area contributed by atoms with Gasteiger partial charge in [-0.05, 0) is 18.2 Å². The van der Waals surface area contributed by atoms with Crippen LogP contribution in [0.25, 0.3) is 10.9 Å². The van der Waals surface area contributed by atoms with Crippen molar-refractivity contribution in [2.75, 3.05) is 7.11 Å². The highest BCUT2D eigenvalue weighted by Gasteiger charge is 2.12. The number of methoxy groups -OCH3 is 1. The monoisotopic (exact) mass is 289 g/mol. The standard InChI is InChI=1S/C11H6Cl3NO2/c1-17-11(16)10-3-6(12)5-2-7(13)8(14)4-9(5)15-10/h2-4H,1H3. The van der Waals surface area contributed by atoms with Gasteiger partial charge in [0, 0.05) is 5.39 Å². The van der Waals surface area contributed by atoms with Gasteiger partial charge in [0.05, 0.1) is 27.7 Å². The molecule has 6 heteroatoms. The number of hydrogen-bond donors (Lipinski definition) is 0. The highest BCUT2D eigenvalue weighted by atomic mass is 35.5. The summed E-state index contributed by atoms with van der Waals surface area (Å²) in [5.74, 6) is -0.556. The molecular weight excluding hydrogens is 284 g/mol. The van der Waals surface area contributed by atoms with Gasteiger partial charge >= 0.3 is 5.97 Å². The quantitative estimate of drug-likeness (QED) is 0.746. The lowest BCUT2D eigenvalue weighted by molar-refractivity contribution is 0.0594. The molecule has 0 amide bonds. The molecule has 3 nitrogen and oxygen atoms in total. The first-order chi connectivity index (χ1) is 8.02. The highest BCUT2D eigenvalue weighted by Crippen LogP contribution is 2.31. The van der Waals surface area contributed by atoms with Crippen LogP contribution < -0.4 is 0 Å². The lowest BCUT2D eigenvalue weighted by Crippen LogP contribution is -2.04. The van der Waals surface area contributed by atoms with Crippen molar-refractivity contribution < 1.29 is 9.53 Å². The van der Waals surface area contributed by atoms with Crippen LogP contribution >= 0.6 is 34.8 Å². The number of ether oxygens (including phenoxy) is 1. The number of esters is 1. The third-order valence-electron chi connectivity index (χ3n) is 2.19. The highest BCUT2D eigenvalue weighted by molar-refractivity contribution is 6.43. The van der Waals surface area contributed by atoms with E-state index < -0.39 is 5.97 Å². The number of rotatable bonds is 1. The van der Waals surface area contributed by atoms with Crippen LogP contribution in [0.3, 0.4) is 0 Å². The second-order valence-electron chi connectivity index (χ2n) is 3.26. The number of aromatic nitrogens is 1. The Bertz CT molecular complexity index is 613. The first kappa shape index (κ1) is 12.4. The van der Waals surface area contributed by atoms with E-state index in [1.165, 1.54) is 13.2 Å². The van der Waals surface area contributed by atoms with Crippen molar-refractivity contribution >= 4 is 51.7 Å². The molecule has 0 saturated heterocycles. The van der Waals surface area contributed by atoms with Crippen molar-refractivity contribution in [2.45, 2.75) is 0 Å². The van der Waals surface area contributed by atoms with Crippen molar-refractivity contribution in [3.63, 3.8) is 0 Å². The summed E-state index contributed by atoms with van der Waals surface area (Å²) in [4.78, 5) is 15.5. The van der Waals surface area contributed by atoms with Crippen molar-refractivity contribution in [3.8, 4) is 0 Å². The molecule has 0 radical (unpaired) electrons. The zero-order chi connectivity index (χ0) is 12.6. The van der Waals surface area contributed by atoms with E-state index in [0.717, 1.165) is 0 Å². The smallest absolute Gasteiger partial charge is 0.356 e. The van der Waals surface area contributed by atoms with Gasteiger partial charge in [0.25, 0.3) is 0 Å². The van der Waals surface area contributed by atoms with Crippen LogP contribution in [0, 0.1) is 0 Å². The van der Waals surface area contributed by atoms with Gasteiger partial charge in [0.15, 0.2) is 5.69 Å². The maximum absolute atomic E-state index is 11.4. The number of carbonyl (C=O) groups excluding carboxylic acids is 1. The van der Waals surface area contributed by atoms with Gasteiger partial charge in [0.1, 0.15) is 0 Å². The molecule has 2 rings (SSSR count). The predicted molar refractivity (Wildman–Crippen MR) is 68.1 cm³/mol. The molecule has 1 aromatic heterocycles. The molecule has 1 aromatic carbocycles. The Morgan fingerprint density at radius 1 is 1.12 bits per heavy atom. The van der Waals surface area contributed by atoms with Gasteiger partial charge in [-0.2, -0.15) is 0 Å². The summed E-state index contributed by atoms with van der Waals surface area (Å²) in [7, 11) is 1.27. The summed E-state index contributed by atoms with van der Waals surface area (Å²) in [6.07, 6.45) is 0. The third-order valence-corrected chi connectivity index (χ3v) is 3.23. The molecule has 0 aliphatic heterocycles. The molecule has 17 heavy (non-hydrogen) atoms. The summed E-state index contributed by atoms with van der Waals surface area (Å²) in [5, 5.41) is 1.74. The molecule has 0 atom stereocenters. The second-order valence-corrected chi connectivity index (χ2v) is 4.49. The molecule has 0 aliphatic carbocycles. The Hall–Kier alpha value is -1.03. The first-order valence-corrected chi connectivity index (χ1v) is 5.70. The summed E-state index contributed by atoms with van der Waals surface area (Å²) in [5.41, 5.74) is 0.621. The Labute approximate surface area is 112 Å². The minimum absolute atomic E-state index is 0.128. The van der Waals surface area contributed by atoms with Crippen LogP contribution in [0.5, 0.6) is 0 Å². The summed E-state index contributed by atoms with van der Waals surface area (Å²) in [6, 6.07) is 4.59. The van der Waals surface area contributed by atoms with Crippen LogP contribution in [0.2, 0.25) is 15.1 Å². The molecule has 1 heterocycles. The molecule has 0 saturated carbocycles. The maximum Gasteiger partial charge on any atom is 0.356 e. The molecule has 88 valence electrons. The molecule has 2 aromatic rings. The lowest BCUT2D eigenvalue weighted by atomic mass is 10.2. The van der Waals surface area contributed by atoms with Gasteiger partial charge in [-0.15, -0.1) is 0 Å². The Balaban J connectivity index is 2.73. The van der Waals surface area contributed by atoms with Crippen LogP contribution in [-0.4, -0.2) is 18.1 Å². The van der Waals surface area contributed by atoms with Crippen LogP contribution in [0.15, 0.2) is 18.2 Å². The normalized spacial score (nSPS) is 10.6. The van der Waals surface area contributed by atoms with Gasteiger partial charge in [0.2, 0.25) is 0 Å². The number of hydrogen-bond acceptors (Lipinski definition) is 3. The van der Waals surface area contributed by atoms with Crippen molar-refractivity contribution in [1.29, 1.82) is 0 Å². The fraction of sp³-hybridized carbons (Fsp3) is 0.0909. The Kier molecular flexibility index (Phi) is 3.43. The van der Waals surface area contributed by atoms with Gasteiger partial charge in [-0.25, -0.2) is 9.78 Å². The fourth-order valence-electron chi connectivity index (χ4n) is 1.39. The number of fused-ring (bicyclic) bond motifs is 1. The van der Waals surface area contributed by atoms with Crippen molar-refractivity contribution in [1.82, 2.24) is 4.98 Å².